The van der Waals surface area contributed by atoms with Crippen molar-refractivity contribution in [3.63, 3.8) is 0 Å². The second kappa shape index (κ2) is 7.89. The molecule has 0 saturated carbocycles. The summed E-state index contributed by atoms with van der Waals surface area (Å²) in [4.78, 5) is 33.0. The molecule has 2 N–H and O–H groups in total. The zero-order chi connectivity index (χ0) is 16.1. The van der Waals surface area contributed by atoms with Crippen molar-refractivity contribution in [3.05, 3.63) is 18.2 Å². The quantitative estimate of drug-likeness (QED) is 0.700. The zero-order valence-corrected chi connectivity index (χ0v) is 14.2. The van der Waals surface area contributed by atoms with Crippen molar-refractivity contribution in [2.45, 2.75) is 50.7 Å². The first-order chi connectivity index (χ1) is 10.5. The normalized spacial score (nSPS) is 21.7. The van der Waals surface area contributed by atoms with Gasteiger partial charge in [-0.1, -0.05) is 0 Å². The molecule has 6 nitrogen and oxygen atoms in total. The van der Waals surface area contributed by atoms with Gasteiger partial charge < -0.3 is 4.98 Å². The van der Waals surface area contributed by atoms with Crippen molar-refractivity contribution in [1.29, 1.82) is 0 Å². The van der Waals surface area contributed by atoms with E-state index in [1.165, 1.54) is 0 Å². The molecule has 0 aromatic carbocycles. The van der Waals surface area contributed by atoms with E-state index in [-0.39, 0.29) is 29.1 Å². The fraction of sp³-hybridized carbons (Fsp3) is 0.667. The standard InChI is InChI=1S/C15H24N4O2S/c1-10(20)13(7-12-8-16-9-17-12)18-15(22-3)19-6-4-5-14(19)11(2)21/h8-9,13-15,18H,4-7H2,1-3H3,(H,16,17)/t13-,14-,15?/m0/s1. The number of nitrogens with zero attached hydrogens (tertiary/aromatic N) is 2. The van der Waals surface area contributed by atoms with Gasteiger partial charge in [0.15, 0.2) is 0 Å². The van der Waals surface area contributed by atoms with Gasteiger partial charge in [0.2, 0.25) is 0 Å². The SMILES string of the molecule is CSC(N[C@@H](Cc1cnc[nH]1)C(C)=O)N1CCC[C@H]1C(C)=O. The molecule has 1 aliphatic rings. The number of hydrogen-bond acceptors (Lipinski definition) is 6. The highest BCUT2D eigenvalue weighted by Crippen LogP contribution is 2.24. The highest BCUT2D eigenvalue weighted by Gasteiger charge is 2.34. The second-order valence-corrected chi connectivity index (χ2v) is 6.62. The third kappa shape index (κ3) is 4.18. The summed E-state index contributed by atoms with van der Waals surface area (Å²) in [7, 11) is 0. The van der Waals surface area contributed by atoms with E-state index in [1.807, 2.05) is 6.26 Å². The van der Waals surface area contributed by atoms with Crippen LogP contribution in [-0.4, -0.2) is 56.8 Å². The van der Waals surface area contributed by atoms with Gasteiger partial charge in [-0.25, -0.2) is 4.98 Å². The van der Waals surface area contributed by atoms with Crippen LogP contribution in [0.5, 0.6) is 0 Å². The Bertz CT molecular complexity index is 506. The van der Waals surface area contributed by atoms with Crippen LogP contribution in [0.25, 0.3) is 0 Å². The Morgan fingerprint density at radius 2 is 2.32 bits per heavy atom. The zero-order valence-electron chi connectivity index (χ0n) is 13.3. The lowest BCUT2D eigenvalue weighted by Gasteiger charge is -2.33. The van der Waals surface area contributed by atoms with Gasteiger partial charge in [-0.05, 0) is 32.9 Å². The number of aromatic amines is 1. The number of likely N-dealkylation sites (tertiary alicyclic amines) is 1. The number of rotatable bonds is 8. The lowest BCUT2D eigenvalue weighted by Crippen LogP contribution is -2.53. The first-order valence-electron chi connectivity index (χ1n) is 7.55. The average molecular weight is 324 g/mol. The number of ketones is 2. The summed E-state index contributed by atoms with van der Waals surface area (Å²) in [6.07, 6.45) is 7.85. The van der Waals surface area contributed by atoms with Gasteiger partial charge >= 0.3 is 0 Å². The summed E-state index contributed by atoms with van der Waals surface area (Å²) in [5.74, 6) is 0.290. The average Bonchev–Trinajstić information content (AvgIpc) is 3.14. The number of imidazole rings is 1. The van der Waals surface area contributed by atoms with Crippen LogP contribution in [0, 0.1) is 0 Å². The summed E-state index contributed by atoms with van der Waals surface area (Å²) in [5, 5.41) is 3.41. The predicted octanol–water partition coefficient (Wildman–Crippen LogP) is 1.20. The third-order valence-corrected chi connectivity index (χ3v) is 4.95. The number of carbonyl (C=O) groups excluding carboxylic acids is 2. The fourth-order valence-electron chi connectivity index (χ4n) is 2.91. The summed E-state index contributed by atoms with van der Waals surface area (Å²) >= 11 is 1.63. The summed E-state index contributed by atoms with van der Waals surface area (Å²) in [6, 6.07) is -0.323. The van der Waals surface area contributed by atoms with Gasteiger partial charge in [0.1, 0.15) is 17.1 Å². The number of nitrogens with one attached hydrogen (secondary N) is 2. The monoisotopic (exact) mass is 324 g/mol. The molecule has 2 heterocycles. The predicted molar refractivity (Wildman–Crippen MR) is 87.6 cm³/mol. The third-order valence-electron chi connectivity index (χ3n) is 4.10. The number of carbonyl (C=O) groups is 2. The number of aromatic nitrogens is 2. The van der Waals surface area contributed by atoms with Crippen LogP contribution in [0.1, 0.15) is 32.4 Å². The van der Waals surface area contributed by atoms with E-state index in [4.69, 9.17) is 0 Å². The summed E-state index contributed by atoms with van der Waals surface area (Å²) in [6.45, 7) is 4.13. The number of thioether (sulfide) groups is 1. The molecule has 0 amide bonds. The lowest BCUT2D eigenvalue weighted by molar-refractivity contribution is -0.121. The van der Waals surface area contributed by atoms with E-state index in [0.717, 1.165) is 25.1 Å². The van der Waals surface area contributed by atoms with Gasteiger partial charge in [-0.15, -0.1) is 11.8 Å². The van der Waals surface area contributed by atoms with Gasteiger partial charge in [0, 0.05) is 24.9 Å². The van der Waals surface area contributed by atoms with E-state index in [9.17, 15) is 9.59 Å². The van der Waals surface area contributed by atoms with Crippen molar-refractivity contribution < 1.29 is 9.59 Å². The maximum Gasteiger partial charge on any atom is 0.147 e. The van der Waals surface area contributed by atoms with E-state index in [0.29, 0.717) is 6.42 Å². The van der Waals surface area contributed by atoms with Crippen LogP contribution in [-0.2, 0) is 16.0 Å². The van der Waals surface area contributed by atoms with E-state index < -0.39 is 0 Å². The van der Waals surface area contributed by atoms with Gasteiger partial charge in [-0.3, -0.25) is 19.8 Å². The molecule has 1 saturated heterocycles. The molecule has 7 heteroatoms. The Labute approximate surface area is 135 Å². The van der Waals surface area contributed by atoms with Gasteiger partial charge in [0.05, 0.1) is 18.4 Å². The van der Waals surface area contributed by atoms with Crippen LogP contribution in [0.3, 0.4) is 0 Å². The molecule has 1 aliphatic heterocycles. The fourth-order valence-corrected chi connectivity index (χ4v) is 3.74. The first kappa shape index (κ1) is 17.2. The number of hydrogen-bond donors (Lipinski definition) is 2. The summed E-state index contributed by atoms with van der Waals surface area (Å²) < 4.78 is 0. The van der Waals surface area contributed by atoms with Gasteiger partial charge in [0.25, 0.3) is 0 Å². The Hall–Kier alpha value is -1.18. The molecule has 122 valence electrons. The maximum atomic E-state index is 12.0. The minimum atomic E-state index is -0.286. The van der Waals surface area contributed by atoms with Crippen LogP contribution in [0.2, 0.25) is 0 Å². The Morgan fingerprint density at radius 3 is 2.86 bits per heavy atom. The van der Waals surface area contributed by atoms with Crippen molar-refractivity contribution in [3.8, 4) is 0 Å². The minimum absolute atomic E-state index is 0.0341. The molecule has 22 heavy (non-hydrogen) atoms. The van der Waals surface area contributed by atoms with Crippen molar-refractivity contribution in [2.24, 2.45) is 0 Å². The minimum Gasteiger partial charge on any atom is -0.348 e. The van der Waals surface area contributed by atoms with E-state index >= 15 is 0 Å². The molecule has 3 atom stereocenters. The van der Waals surface area contributed by atoms with E-state index in [2.05, 4.69) is 20.2 Å². The van der Waals surface area contributed by atoms with Crippen molar-refractivity contribution >= 4 is 23.3 Å². The van der Waals surface area contributed by atoms with Crippen LogP contribution in [0.4, 0.5) is 0 Å². The van der Waals surface area contributed by atoms with Crippen molar-refractivity contribution in [2.75, 3.05) is 12.8 Å². The number of Topliss-reactive ketones (excluding diaryl/α,β-unsaturated/α-hetero) is 2. The maximum absolute atomic E-state index is 12.0. The number of H-pyrrole nitrogens is 1. The van der Waals surface area contributed by atoms with Crippen LogP contribution >= 0.6 is 11.8 Å². The first-order valence-corrected chi connectivity index (χ1v) is 8.84. The van der Waals surface area contributed by atoms with Crippen molar-refractivity contribution in [1.82, 2.24) is 20.2 Å². The van der Waals surface area contributed by atoms with E-state index in [1.54, 1.807) is 38.1 Å². The highest BCUT2D eigenvalue weighted by molar-refractivity contribution is 7.99. The lowest BCUT2D eigenvalue weighted by atomic mass is 10.1. The molecule has 0 spiro atoms. The molecule has 1 aromatic heterocycles. The molecule has 0 bridgehead atoms. The molecular formula is C15H24N4O2S. The topological polar surface area (TPSA) is 78.1 Å². The summed E-state index contributed by atoms with van der Waals surface area (Å²) in [5.41, 5.74) is 0.894. The highest BCUT2D eigenvalue weighted by atomic mass is 32.2. The molecule has 1 aromatic rings. The Balaban J connectivity index is 2.05. The molecule has 1 fully saturated rings. The largest absolute Gasteiger partial charge is 0.348 e. The Kier molecular flexibility index (Phi) is 6.16. The molecule has 0 aliphatic carbocycles. The smallest absolute Gasteiger partial charge is 0.147 e. The molecule has 1 unspecified atom stereocenters. The van der Waals surface area contributed by atoms with Crippen LogP contribution < -0.4 is 5.32 Å². The molecule has 0 radical (unpaired) electrons. The van der Waals surface area contributed by atoms with Crippen LogP contribution in [0.15, 0.2) is 12.5 Å². The molecule has 2 rings (SSSR count). The van der Waals surface area contributed by atoms with Gasteiger partial charge in [-0.2, -0.15) is 0 Å². The molecular weight excluding hydrogens is 300 g/mol. The Morgan fingerprint density at radius 1 is 1.55 bits per heavy atom. The second-order valence-electron chi connectivity index (χ2n) is 5.71.